The first kappa shape index (κ1) is 13.2. The number of hydrogen-bond acceptors (Lipinski definition) is 5. The molecule has 1 N–H and O–H groups in total. The van der Waals surface area contributed by atoms with Crippen LogP contribution in [0.25, 0.3) is 0 Å². The van der Waals surface area contributed by atoms with E-state index >= 15 is 0 Å². The Bertz CT molecular complexity index is 327. The Balaban J connectivity index is 0.00000144. The minimum atomic E-state index is -2.27. The van der Waals surface area contributed by atoms with Crippen molar-refractivity contribution in [2.75, 3.05) is 5.32 Å². The topological polar surface area (TPSA) is 82.1 Å². The summed E-state index contributed by atoms with van der Waals surface area (Å²) in [7, 11) is 0. The molecule has 1 atom stereocenters. The maximum absolute atomic E-state index is 10.5. The van der Waals surface area contributed by atoms with Gasteiger partial charge in [0, 0.05) is 6.92 Å². The quantitative estimate of drug-likeness (QED) is 0.442. The molecule has 0 aliphatic heterocycles. The van der Waals surface area contributed by atoms with E-state index in [0.717, 1.165) is 11.3 Å². The summed E-state index contributed by atoms with van der Waals surface area (Å²) in [6, 6.07) is 0. The number of nitrogens with one attached hydrogen (secondary N) is 1. The molecular weight excluding hydrogens is 223 g/mol. The molecule has 0 aliphatic rings. The average Bonchev–Trinajstić information content (AvgIpc) is 2.34. The summed E-state index contributed by atoms with van der Waals surface area (Å²) >= 11 is -1.35. The second-order valence-corrected chi connectivity index (χ2v) is 4.10. The Labute approximate surface area is 104 Å². The summed E-state index contributed by atoms with van der Waals surface area (Å²) in [6.07, 6.45) is 1.19. The molecule has 1 amide bonds. The third-order valence-electron chi connectivity index (χ3n) is 0.932. The van der Waals surface area contributed by atoms with Crippen molar-refractivity contribution < 1.29 is 43.1 Å². The Morgan fingerprint density at radius 2 is 2.38 bits per heavy atom. The van der Waals surface area contributed by atoms with E-state index in [1.54, 1.807) is 0 Å². The van der Waals surface area contributed by atoms with Gasteiger partial charge >= 0.3 is 29.6 Å². The first-order valence-electron chi connectivity index (χ1n) is 2.92. The zero-order valence-electron chi connectivity index (χ0n) is 7.07. The summed E-state index contributed by atoms with van der Waals surface area (Å²) in [4.78, 5) is 14.2. The van der Waals surface area contributed by atoms with Crippen molar-refractivity contribution in [3.05, 3.63) is 6.20 Å². The van der Waals surface area contributed by atoms with Gasteiger partial charge in [-0.2, -0.15) is 0 Å². The minimum absolute atomic E-state index is 0. The van der Waals surface area contributed by atoms with E-state index in [-0.39, 0.29) is 39.7 Å². The molecule has 0 aliphatic carbocycles. The minimum Gasteiger partial charge on any atom is -0.768 e. The number of anilines is 1. The van der Waals surface area contributed by atoms with Crippen molar-refractivity contribution in [1.29, 1.82) is 0 Å². The molecule has 0 aromatic carbocycles. The van der Waals surface area contributed by atoms with E-state index < -0.39 is 11.1 Å². The van der Waals surface area contributed by atoms with Crippen LogP contribution in [0.2, 0.25) is 0 Å². The molecule has 66 valence electrons. The monoisotopic (exact) mass is 228 g/mol. The third-order valence-corrected chi connectivity index (χ3v) is 2.73. The number of amides is 1. The van der Waals surface area contributed by atoms with Gasteiger partial charge in [-0.25, -0.2) is 4.98 Å². The molecule has 1 heterocycles. The predicted molar refractivity (Wildman–Crippen MR) is 43.6 cm³/mol. The van der Waals surface area contributed by atoms with Gasteiger partial charge in [-0.1, -0.05) is 11.3 Å². The Morgan fingerprint density at radius 3 is 2.77 bits per heavy atom. The molecule has 0 radical (unpaired) electrons. The van der Waals surface area contributed by atoms with Crippen molar-refractivity contribution in [2.45, 2.75) is 11.1 Å². The number of rotatable bonds is 2. The number of hydrogen-bond donors (Lipinski definition) is 1. The summed E-state index contributed by atoms with van der Waals surface area (Å²) in [6.45, 7) is 1.33. The summed E-state index contributed by atoms with van der Waals surface area (Å²) in [5.41, 5.74) is 0. The van der Waals surface area contributed by atoms with Crippen molar-refractivity contribution >= 4 is 33.5 Å². The van der Waals surface area contributed by atoms with Crippen LogP contribution in [-0.4, -0.2) is 19.7 Å². The van der Waals surface area contributed by atoms with Crippen LogP contribution in [0, 0.1) is 0 Å². The largest absolute Gasteiger partial charge is 1.00 e. The van der Waals surface area contributed by atoms with Crippen LogP contribution in [0.3, 0.4) is 0 Å². The van der Waals surface area contributed by atoms with Crippen molar-refractivity contribution in [2.24, 2.45) is 0 Å². The molecule has 1 rings (SSSR count). The van der Waals surface area contributed by atoms with Crippen LogP contribution in [0.4, 0.5) is 5.13 Å². The normalized spacial score (nSPS) is 11.5. The predicted octanol–water partition coefficient (Wildman–Crippen LogP) is -2.66. The summed E-state index contributed by atoms with van der Waals surface area (Å²) in [5.74, 6) is -0.271. The summed E-state index contributed by atoms with van der Waals surface area (Å²) < 4.78 is 20.8. The van der Waals surface area contributed by atoms with Crippen LogP contribution in [0.15, 0.2) is 10.4 Å². The molecule has 1 aromatic rings. The fraction of sp³-hybridized carbons (Fsp3) is 0.200. The first-order chi connectivity index (χ1) is 5.59. The molecule has 0 saturated carbocycles. The molecular formula is C5H5N2NaO3S2. The van der Waals surface area contributed by atoms with Gasteiger partial charge in [-0.05, 0) is 11.1 Å². The Hall–Kier alpha value is 0.210. The molecule has 13 heavy (non-hydrogen) atoms. The second kappa shape index (κ2) is 5.84. The molecule has 0 spiro atoms. The fourth-order valence-corrected chi connectivity index (χ4v) is 1.79. The van der Waals surface area contributed by atoms with Gasteiger partial charge in [0.05, 0.1) is 10.4 Å². The van der Waals surface area contributed by atoms with E-state index in [1.807, 2.05) is 0 Å². The zero-order valence-corrected chi connectivity index (χ0v) is 10.7. The molecule has 1 aromatic heterocycles. The van der Waals surface area contributed by atoms with Crippen molar-refractivity contribution in [1.82, 2.24) is 4.98 Å². The van der Waals surface area contributed by atoms with Crippen LogP contribution in [0.5, 0.6) is 0 Å². The number of carbonyl (C=O) groups excluding carboxylic acids is 1. The van der Waals surface area contributed by atoms with Crippen LogP contribution in [0.1, 0.15) is 6.92 Å². The third kappa shape index (κ3) is 4.30. The maximum atomic E-state index is 10.5. The SMILES string of the molecule is CC(=O)Nc1ncc(S(=O)[O-])s1.[Na+]. The molecule has 0 bridgehead atoms. The number of carbonyl (C=O) groups is 1. The molecule has 8 heteroatoms. The van der Waals surface area contributed by atoms with Gasteiger partial charge in [0.15, 0.2) is 5.13 Å². The van der Waals surface area contributed by atoms with Gasteiger partial charge in [0.1, 0.15) is 0 Å². The zero-order chi connectivity index (χ0) is 9.14. The van der Waals surface area contributed by atoms with E-state index in [2.05, 4.69) is 10.3 Å². The molecule has 5 nitrogen and oxygen atoms in total. The van der Waals surface area contributed by atoms with E-state index in [1.165, 1.54) is 13.1 Å². The first-order valence-corrected chi connectivity index (χ1v) is 4.81. The second-order valence-electron chi connectivity index (χ2n) is 1.90. The summed E-state index contributed by atoms with van der Waals surface area (Å²) in [5, 5.41) is 2.67. The van der Waals surface area contributed by atoms with Gasteiger partial charge in [0.2, 0.25) is 5.91 Å². The Kier molecular flexibility index (Phi) is 5.93. The van der Waals surface area contributed by atoms with Crippen LogP contribution in [-0.2, 0) is 15.9 Å². The molecule has 1 unspecified atom stereocenters. The van der Waals surface area contributed by atoms with Gasteiger partial charge in [-0.15, -0.1) is 0 Å². The van der Waals surface area contributed by atoms with E-state index in [9.17, 15) is 13.6 Å². The smallest absolute Gasteiger partial charge is 0.768 e. The Morgan fingerprint density at radius 1 is 1.77 bits per heavy atom. The van der Waals surface area contributed by atoms with E-state index in [4.69, 9.17) is 0 Å². The molecule has 0 saturated heterocycles. The average molecular weight is 228 g/mol. The van der Waals surface area contributed by atoms with Crippen molar-refractivity contribution in [3.8, 4) is 0 Å². The van der Waals surface area contributed by atoms with E-state index in [0.29, 0.717) is 5.13 Å². The standard InChI is InChI=1S/C5H6N2O3S2.Na/c1-3(8)7-5-6-2-4(11-5)12(9)10;/h2H,1H3,(H,9,10)(H,6,7,8);/q;+1/p-1. The number of thiazole rings is 1. The number of nitrogens with zero attached hydrogens (tertiary/aromatic N) is 1. The fourth-order valence-electron chi connectivity index (χ4n) is 0.545. The van der Waals surface area contributed by atoms with Crippen LogP contribution < -0.4 is 34.9 Å². The van der Waals surface area contributed by atoms with Gasteiger partial charge in [0.25, 0.3) is 0 Å². The van der Waals surface area contributed by atoms with Crippen LogP contribution >= 0.6 is 11.3 Å². The van der Waals surface area contributed by atoms with Crippen molar-refractivity contribution in [3.63, 3.8) is 0 Å². The molecule has 0 fully saturated rings. The maximum Gasteiger partial charge on any atom is 1.00 e. The number of aromatic nitrogens is 1. The van der Waals surface area contributed by atoms with Gasteiger partial charge < -0.3 is 9.87 Å². The van der Waals surface area contributed by atoms with Gasteiger partial charge in [-0.3, -0.25) is 9.00 Å².